The minimum Gasteiger partial charge on any atom is -0.379 e. The Morgan fingerprint density at radius 1 is 0.875 bits per heavy atom. The van der Waals surface area contributed by atoms with Crippen molar-refractivity contribution < 1.29 is 19.1 Å². The van der Waals surface area contributed by atoms with Crippen molar-refractivity contribution >= 4 is 88.6 Å². The smallest absolute Gasteiger partial charge is 0.169 e. The molecule has 5 rings (SSSR count). The number of fused-ring (bicyclic) bond motifs is 2. The molecule has 8 heteroatoms. The second-order valence-electron chi connectivity index (χ2n) is 10.5. The molecule has 1 fully saturated rings. The Balaban J connectivity index is 0.000000180. The van der Waals surface area contributed by atoms with Gasteiger partial charge < -0.3 is 9.47 Å². The number of hydrogen-bond acceptors (Lipinski definition) is 4. The van der Waals surface area contributed by atoms with Gasteiger partial charge in [0.2, 0.25) is 0 Å². The number of ether oxygens (including phenoxy) is 2. The standard InChI is InChI=1S/C16H19BrO2.C9H7BrO.C7H14I2O/c1-2-19-13-5-7-16(8-6-13)10-11-3-4-12(17)9-14(11)15(16)18;10-7-3-1-6-2-4-9(11)8(6)5-7;1-2-10-7(3-5-8)4-6-9/h3-4,9,13H,2,5-8,10H2,1H3;1,3,5H,2,4H2;7H,2-6H2,1H3. The number of aryl methyl sites for hydroxylation is 1. The van der Waals surface area contributed by atoms with Crippen molar-refractivity contribution in [3.63, 3.8) is 0 Å². The van der Waals surface area contributed by atoms with Gasteiger partial charge in [-0.2, -0.15) is 0 Å². The van der Waals surface area contributed by atoms with E-state index >= 15 is 0 Å². The van der Waals surface area contributed by atoms with E-state index in [4.69, 9.17) is 9.47 Å². The maximum atomic E-state index is 12.7. The van der Waals surface area contributed by atoms with E-state index in [2.05, 4.69) is 90.0 Å². The van der Waals surface area contributed by atoms with Gasteiger partial charge in [-0.1, -0.05) is 89.2 Å². The molecule has 4 nitrogen and oxygen atoms in total. The molecule has 0 aromatic heterocycles. The molecule has 0 radical (unpaired) electrons. The number of carbonyl (C=O) groups excluding carboxylic acids is 2. The minimum absolute atomic E-state index is 0.128. The number of carbonyl (C=O) groups is 2. The van der Waals surface area contributed by atoms with Crippen molar-refractivity contribution in [1.82, 2.24) is 0 Å². The lowest BCUT2D eigenvalue weighted by Crippen LogP contribution is -2.35. The van der Waals surface area contributed by atoms with Crippen molar-refractivity contribution in [1.29, 1.82) is 0 Å². The molecule has 220 valence electrons. The van der Waals surface area contributed by atoms with E-state index in [1.165, 1.54) is 32.8 Å². The lowest BCUT2D eigenvalue weighted by molar-refractivity contribution is 0.00748. The highest BCUT2D eigenvalue weighted by atomic mass is 127. The van der Waals surface area contributed by atoms with Crippen LogP contribution >= 0.6 is 77.0 Å². The molecule has 3 aliphatic rings. The number of ketones is 2. The first-order chi connectivity index (χ1) is 19.3. The molecular weight excluding hydrogens is 862 g/mol. The Labute approximate surface area is 284 Å². The van der Waals surface area contributed by atoms with E-state index in [1.54, 1.807) is 0 Å². The highest BCUT2D eigenvalue weighted by Crippen LogP contribution is 2.48. The first-order valence-corrected chi connectivity index (χ1v) is 18.9. The van der Waals surface area contributed by atoms with Crippen LogP contribution in [0.2, 0.25) is 0 Å². The predicted molar refractivity (Wildman–Crippen MR) is 188 cm³/mol. The van der Waals surface area contributed by atoms with Crippen LogP contribution in [0.25, 0.3) is 0 Å². The normalized spacial score (nSPS) is 21.0. The molecule has 0 atom stereocenters. The van der Waals surface area contributed by atoms with E-state index < -0.39 is 0 Å². The van der Waals surface area contributed by atoms with Gasteiger partial charge in [-0.3, -0.25) is 9.59 Å². The SMILES string of the molecule is CCOC(CCI)CCI.CCOC1CCC2(CC1)Cc1ccc(Br)cc1C2=O.O=C1CCc2ccc(Br)cc21. The third kappa shape index (κ3) is 9.56. The second-order valence-corrected chi connectivity index (χ2v) is 14.5. The summed E-state index contributed by atoms with van der Waals surface area (Å²) >= 11 is 11.6. The van der Waals surface area contributed by atoms with Gasteiger partial charge in [-0.05, 0) is 101 Å². The van der Waals surface area contributed by atoms with Gasteiger partial charge in [-0.25, -0.2) is 0 Å². The van der Waals surface area contributed by atoms with Crippen LogP contribution in [0, 0.1) is 5.41 Å². The summed E-state index contributed by atoms with van der Waals surface area (Å²) in [6.07, 6.45) is 9.81. The number of Topliss-reactive ketones (excluding diaryl/α,β-unsaturated/α-hetero) is 2. The molecule has 0 bridgehead atoms. The van der Waals surface area contributed by atoms with E-state index in [9.17, 15) is 9.59 Å². The molecule has 0 amide bonds. The molecule has 40 heavy (non-hydrogen) atoms. The van der Waals surface area contributed by atoms with Crippen molar-refractivity contribution in [2.45, 2.75) is 83.8 Å². The summed E-state index contributed by atoms with van der Waals surface area (Å²) in [7, 11) is 0. The molecule has 0 aliphatic heterocycles. The maximum Gasteiger partial charge on any atom is 0.169 e. The van der Waals surface area contributed by atoms with Crippen LogP contribution in [0.5, 0.6) is 0 Å². The third-order valence-electron chi connectivity index (χ3n) is 7.88. The van der Waals surface area contributed by atoms with Gasteiger partial charge in [0.05, 0.1) is 12.2 Å². The summed E-state index contributed by atoms with van der Waals surface area (Å²) in [6.45, 7) is 5.74. The third-order valence-corrected chi connectivity index (χ3v) is 10.1. The molecule has 0 saturated heterocycles. The summed E-state index contributed by atoms with van der Waals surface area (Å²) in [5.74, 6) is 0.639. The molecule has 1 spiro atoms. The minimum atomic E-state index is -0.128. The molecule has 0 N–H and O–H groups in total. The fraction of sp³-hybridized carbons (Fsp3) is 0.562. The van der Waals surface area contributed by atoms with Crippen molar-refractivity contribution in [2.75, 3.05) is 22.1 Å². The number of rotatable bonds is 8. The topological polar surface area (TPSA) is 52.6 Å². The first-order valence-electron chi connectivity index (χ1n) is 14.3. The molecule has 2 aromatic carbocycles. The molecule has 0 heterocycles. The first kappa shape index (κ1) is 34.6. The average molecular weight is 902 g/mol. The number of hydrogen-bond donors (Lipinski definition) is 0. The van der Waals surface area contributed by atoms with E-state index in [0.29, 0.717) is 24.4 Å². The summed E-state index contributed by atoms with van der Waals surface area (Å²) in [6, 6.07) is 12.0. The van der Waals surface area contributed by atoms with Crippen LogP contribution in [-0.2, 0) is 22.3 Å². The zero-order valence-electron chi connectivity index (χ0n) is 23.5. The predicted octanol–water partition coefficient (Wildman–Crippen LogP) is 9.77. The molecule has 3 aliphatic carbocycles. The van der Waals surface area contributed by atoms with Gasteiger partial charge in [-0.15, -0.1) is 0 Å². The van der Waals surface area contributed by atoms with Gasteiger partial charge in [0, 0.05) is 54.0 Å². The van der Waals surface area contributed by atoms with Crippen molar-refractivity contribution in [3.8, 4) is 0 Å². The highest BCUT2D eigenvalue weighted by molar-refractivity contribution is 14.1. The van der Waals surface area contributed by atoms with Crippen LogP contribution in [0.1, 0.15) is 90.6 Å². The number of halogens is 4. The van der Waals surface area contributed by atoms with E-state index in [1.807, 2.05) is 37.3 Å². The Morgan fingerprint density at radius 2 is 1.48 bits per heavy atom. The highest BCUT2D eigenvalue weighted by Gasteiger charge is 2.47. The number of benzene rings is 2. The number of alkyl halides is 2. The Kier molecular flexibility index (Phi) is 15.1. The van der Waals surface area contributed by atoms with Gasteiger partial charge in [0.25, 0.3) is 0 Å². The van der Waals surface area contributed by atoms with Crippen LogP contribution in [0.3, 0.4) is 0 Å². The van der Waals surface area contributed by atoms with Crippen LogP contribution in [0.4, 0.5) is 0 Å². The van der Waals surface area contributed by atoms with E-state index in [0.717, 1.165) is 71.8 Å². The largest absolute Gasteiger partial charge is 0.379 e. The van der Waals surface area contributed by atoms with Crippen LogP contribution in [0.15, 0.2) is 45.3 Å². The molecule has 0 unspecified atom stereocenters. The quantitative estimate of drug-likeness (QED) is 0.196. The zero-order chi connectivity index (χ0) is 29.1. The fourth-order valence-corrected chi connectivity index (χ4v) is 7.91. The summed E-state index contributed by atoms with van der Waals surface area (Å²) in [5.41, 5.74) is 4.13. The average Bonchev–Trinajstić information content (AvgIpc) is 3.43. The van der Waals surface area contributed by atoms with Gasteiger partial charge >= 0.3 is 0 Å². The molecule has 2 aromatic rings. The maximum absolute atomic E-state index is 12.7. The summed E-state index contributed by atoms with van der Waals surface area (Å²) in [4.78, 5) is 23.9. The molecule has 1 saturated carbocycles. The van der Waals surface area contributed by atoms with Gasteiger partial charge in [0.1, 0.15) is 0 Å². The second kappa shape index (κ2) is 17.4. The summed E-state index contributed by atoms with van der Waals surface area (Å²) in [5, 5.41) is 0. The lowest BCUT2D eigenvalue weighted by Gasteiger charge is -2.35. The van der Waals surface area contributed by atoms with Crippen molar-refractivity contribution in [2.24, 2.45) is 5.41 Å². The van der Waals surface area contributed by atoms with Crippen LogP contribution < -0.4 is 0 Å². The summed E-state index contributed by atoms with van der Waals surface area (Å²) < 4.78 is 15.6. The Morgan fingerprint density at radius 3 is 2.05 bits per heavy atom. The van der Waals surface area contributed by atoms with E-state index in [-0.39, 0.29) is 11.2 Å². The van der Waals surface area contributed by atoms with Crippen molar-refractivity contribution in [3.05, 3.63) is 67.6 Å². The Hall–Kier alpha value is 0.120. The Bertz CT molecular complexity index is 1120. The van der Waals surface area contributed by atoms with Gasteiger partial charge in [0.15, 0.2) is 11.6 Å². The molecular formula is C32H40Br2I2O4. The monoisotopic (exact) mass is 900 g/mol. The fourth-order valence-electron chi connectivity index (χ4n) is 5.79. The zero-order valence-corrected chi connectivity index (χ0v) is 30.9. The lowest BCUT2D eigenvalue weighted by atomic mass is 9.70. The van der Waals surface area contributed by atoms with Crippen LogP contribution in [-0.4, -0.2) is 45.8 Å².